The van der Waals surface area contributed by atoms with E-state index in [0.29, 0.717) is 0 Å². The number of carbonyl (C=O) groups excluding carboxylic acids is 1. The van der Waals surface area contributed by atoms with Crippen molar-refractivity contribution >= 4 is 5.91 Å². The van der Waals surface area contributed by atoms with Crippen molar-refractivity contribution in [2.24, 2.45) is 11.7 Å². The third-order valence-corrected chi connectivity index (χ3v) is 3.26. The first-order chi connectivity index (χ1) is 8.60. The maximum atomic E-state index is 11.9. The van der Waals surface area contributed by atoms with E-state index in [1.54, 1.807) is 0 Å². The molecule has 4 heteroatoms. The second-order valence-electron chi connectivity index (χ2n) is 4.57. The van der Waals surface area contributed by atoms with Gasteiger partial charge in [0.15, 0.2) is 0 Å². The molecule has 0 saturated carbocycles. The number of nitrogens with one attached hydrogen (secondary N) is 1. The Bertz CT molecular complexity index is 367. The molecule has 0 aliphatic heterocycles. The molecular weight excluding hydrogens is 228 g/mol. The normalized spacial score (nSPS) is 15.8. The largest absolute Gasteiger partial charge is 0.394 e. The maximum absolute atomic E-state index is 11.9. The van der Waals surface area contributed by atoms with Crippen LogP contribution in [-0.4, -0.2) is 23.7 Å². The lowest BCUT2D eigenvalue weighted by Crippen LogP contribution is -2.46. The monoisotopic (exact) mass is 250 g/mol. The fraction of sp³-hybridized carbons (Fsp3) is 0.500. The van der Waals surface area contributed by atoms with E-state index < -0.39 is 12.1 Å². The Hall–Kier alpha value is -1.39. The molecule has 100 valence electrons. The van der Waals surface area contributed by atoms with Crippen LogP contribution in [0.1, 0.15) is 31.9 Å². The summed E-state index contributed by atoms with van der Waals surface area (Å²) in [6.45, 7) is 3.81. The van der Waals surface area contributed by atoms with Crippen molar-refractivity contribution in [3.63, 3.8) is 0 Å². The van der Waals surface area contributed by atoms with E-state index >= 15 is 0 Å². The summed E-state index contributed by atoms with van der Waals surface area (Å²) in [6, 6.07) is 8.45. The first kappa shape index (κ1) is 14.7. The van der Waals surface area contributed by atoms with Gasteiger partial charge in [-0.1, -0.05) is 50.6 Å². The molecule has 3 atom stereocenters. The van der Waals surface area contributed by atoms with Crippen molar-refractivity contribution in [1.29, 1.82) is 0 Å². The Labute approximate surface area is 108 Å². The lowest BCUT2D eigenvalue weighted by atomic mass is 9.98. The Kier molecular flexibility index (Phi) is 5.82. The average molecular weight is 250 g/mol. The first-order valence-corrected chi connectivity index (χ1v) is 6.31. The molecule has 4 nitrogen and oxygen atoms in total. The Morgan fingerprint density at radius 3 is 2.50 bits per heavy atom. The van der Waals surface area contributed by atoms with Gasteiger partial charge in [-0.2, -0.15) is 0 Å². The molecule has 0 bridgehead atoms. The number of benzene rings is 1. The van der Waals surface area contributed by atoms with Crippen molar-refractivity contribution in [2.45, 2.75) is 32.4 Å². The van der Waals surface area contributed by atoms with E-state index in [1.165, 1.54) is 0 Å². The minimum atomic E-state index is -0.534. The number of amides is 1. The van der Waals surface area contributed by atoms with Gasteiger partial charge in [-0.15, -0.1) is 0 Å². The molecule has 0 spiro atoms. The number of hydrogen-bond donors (Lipinski definition) is 3. The summed E-state index contributed by atoms with van der Waals surface area (Å²) >= 11 is 0. The standard InChI is InChI=1S/C14H22N2O2/c1-3-10(2)13(15)14(18)16-12(9-17)11-7-5-4-6-8-11/h4-8,10,12-13,17H,3,9,15H2,1-2H3,(H,16,18)/t10-,12-,13-/m0/s1. The molecule has 0 heterocycles. The van der Waals surface area contributed by atoms with Gasteiger partial charge < -0.3 is 16.2 Å². The van der Waals surface area contributed by atoms with Crippen molar-refractivity contribution in [3.05, 3.63) is 35.9 Å². The van der Waals surface area contributed by atoms with Crippen LogP contribution >= 0.6 is 0 Å². The molecule has 4 N–H and O–H groups in total. The molecule has 1 rings (SSSR count). The highest BCUT2D eigenvalue weighted by molar-refractivity contribution is 5.82. The lowest BCUT2D eigenvalue weighted by molar-refractivity contribution is -0.124. The SMILES string of the molecule is CC[C@H](C)[C@H](N)C(=O)N[C@@H](CO)c1ccccc1. The molecule has 0 aromatic heterocycles. The van der Waals surface area contributed by atoms with E-state index in [2.05, 4.69) is 5.32 Å². The predicted molar refractivity (Wildman–Crippen MR) is 71.8 cm³/mol. The minimum Gasteiger partial charge on any atom is -0.394 e. The van der Waals surface area contributed by atoms with E-state index in [-0.39, 0.29) is 18.4 Å². The summed E-state index contributed by atoms with van der Waals surface area (Å²) < 4.78 is 0. The number of nitrogens with two attached hydrogens (primary N) is 1. The summed E-state index contributed by atoms with van der Waals surface area (Å²) in [7, 11) is 0. The van der Waals surface area contributed by atoms with Crippen LogP contribution in [0, 0.1) is 5.92 Å². The number of hydrogen-bond acceptors (Lipinski definition) is 3. The predicted octanol–water partition coefficient (Wildman–Crippen LogP) is 1.21. The fourth-order valence-electron chi connectivity index (χ4n) is 1.70. The third kappa shape index (κ3) is 3.82. The van der Waals surface area contributed by atoms with Gasteiger partial charge in [0.2, 0.25) is 5.91 Å². The zero-order valence-electron chi connectivity index (χ0n) is 11.0. The fourth-order valence-corrected chi connectivity index (χ4v) is 1.70. The van der Waals surface area contributed by atoms with Crippen LogP contribution < -0.4 is 11.1 Å². The Morgan fingerprint density at radius 2 is 2.00 bits per heavy atom. The van der Waals surface area contributed by atoms with Crippen molar-refractivity contribution in [1.82, 2.24) is 5.32 Å². The zero-order valence-corrected chi connectivity index (χ0v) is 11.0. The number of aliphatic hydroxyl groups excluding tert-OH is 1. The molecule has 0 aliphatic carbocycles. The van der Waals surface area contributed by atoms with Gasteiger partial charge in [0.1, 0.15) is 0 Å². The van der Waals surface area contributed by atoms with Gasteiger partial charge in [-0.3, -0.25) is 4.79 Å². The van der Waals surface area contributed by atoms with Gasteiger partial charge in [0, 0.05) is 0 Å². The van der Waals surface area contributed by atoms with Gasteiger partial charge >= 0.3 is 0 Å². The summed E-state index contributed by atoms with van der Waals surface area (Å²) in [5.41, 5.74) is 6.74. The minimum absolute atomic E-state index is 0.125. The summed E-state index contributed by atoms with van der Waals surface area (Å²) in [6.07, 6.45) is 0.851. The highest BCUT2D eigenvalue weighted by Gasteiger charge is 2.22. The van der Waals surface area contributed by atoms with Crippen molar-refractivity contribution in [2.75, 3.05) is 6.61 Å². The first-order valence-electron chi connectivity index (χ1n) is 6.31. The highest BCUT2D eigenvalue weighted by atomic mass is 16.3. The van der Waals surface area contributed by atoms with E-state index in [9.17, 15) is 9.90 Å². The summed E-state index contributed by atoms with van der Waals surface area (Å²) in [4.78, 5) is 11.9. The molecular formula is C14H22N2O2. The molecule has 0 radical (unpaired) electrons. The number of aliphatic hydroxyl groups is 1. The van der Waals surface area contributed by atoms with Crippen LogP contribution in [0.25, 0.3) is 0 Å². The van der Waals surface area contributed by atoms with Gasteiger partial charge in [0.25, 0.3) is 0 Å². The molecule has 0 fully saturated rings. The highest BCUT2D eigenvalue weighted by Crippen LogP contribution is 2.13. The molecule has 0 unspecified atom stereocenters. The smallest absolute Gasteiger partial charge is 0.237 e. The summed E-state index contributed by atoms with van der Waals surface area (Å²) in [5.74, 6) is -0.0904. The summed E-state index contributed by atoms with van der Waals surface area (Å²) in [5, 5.41) is 12.1. The molecule has 1 aromatic carbocycles. The van der Waals surface area contributed by atoms with Crippen molar-refractivity contribution < 1.29 is 9.90 Å². The number of carbonyl (C=O) groups is 1. The van der Waals surface area contributed by atoms with Crippen molar-refractivity contribution in [3.8, 4) is 0 Å². The third-order valence-electron chi connectivity index (χ3n) is 3.26. The Balaban J connectivity index is 2.67. The van der Waals surface area contributed by atoms with E-state index in [4.69, 9.17) is 5.73 Å². The van der Waals surface area contributed by atoms with Crippen LogP contribution in [0.2, 0.25) is 0 Å². The van der Waals surface area contributed by atoms with Crippen LogP contribution in [-0.2, 0) is 4.79 Å². The number of rotatable bonds is 6. The Morgan fingerprint density at radius 1 is 1.39 bits per heavy atom. The van der Waals surface area contributed by atoms with E-state index in [0.717, 1.165) is 12.0 Å². The maximum Gasteiger partial charge on any atom is 0.237 e. The second-order valence-corrected chi connectivity index (χ2v) is 4.57. The molecule has 0 saturated heterocycles. The lowest BCUT2D eigenvalue weighted by Gasteiger charge is -2.22. The molecule has 18 heavy (non-hydrogen) atoms. The van der Waals surface area contributed by atoms with Crippen LogP contribution in [0.3, 0.4) is 0 Å². The quantitative estimate of drug-likeness (QED) is 0.710. The van der Waals surface area contributed by atoms with Gasteiger partial charge in [0.05, 0.1) is 18.7 Å². The second kappa shape index (κ2) is 7.13. The van der Waals surface area contributed by atoms with Crippen LogP contribution in [0.15, 0.2) is 30.3 Å². The molecule has 1 aromatic rings. The topological polar surface area (TPSA) is 75.4 Å². The zero-order chi connectivity index (χ0) is 13.5. The van der Waals surface area contributed by atoms with Crippen LogP contribution in [0.4, 0.5) is 0 Å². The molecule has 0 aliphatic rings. The molecule has 1 amide bonds. The van der Waals surface area contributed by atoms with Gasteiger partial charge in [-0.25, -0.2) is 0 Å². The van der Waals surface area contributed by atoms with Crippen LogP contribution in [0.5, 0.6) is 0 Å². The van der Waals surface area contributed by atoms with E-state index in [1.807, 2.05) is 44.2 Å². The van der Waals surface area contributed by atoms with Gasteiger partial charge in [-0.05, 0) is 11.5 Å². The average Bonchev–Trinajstić information content (AvgIpc) is 2.43.